The van der Waals surface area contributed by atoms with E-state index in [0.29, 0.717) is 29.1 Å². The van der Waals surface area contributed by atoms with Crippen LogP contribution in [0.3, 0.4) is 0 Å². The molecule has 0 spiro atoms. The molecule has 0 aliphatic heterocycles. The predicted molar refractivity (Wildman–Crippen MR) is 116 cm³/mol. The van der Waals surface area contributed by atoms with Crippen molar-refractivity contribution in [3.05, 3.63) is 24.3 Å². The Morgan fingerprint density at radius 3 is 1.97 bits per heavy atom. The van der Waals surface area contributed by atoms with E-state index in [1.807, 2.05) is 0 Å². The third-order valence-corrected chi connectivity index (χ3v) is 7.22. The molecule has 0 unspecified atom stereocenters. The topological polar surface area (TPSA) is 116 Å². The van der Waals surface area contributed by atoms with E-state index in [-0.39, 0.29) is 5.54 Å². The number of anilines is 2. The Bertz CT molecular complexity index is 894. The first-order valence-electron chi connectivity index (χ1n) is 10.6. The molecule has 1 atom stereocenters. The van der Waals surface area contributed by atoms with Gasteiger partial charge in [0, 0.05) is 16.9 Å². The van der Waals surface area contributed by atoms with E-state index >= 15 is 0 Å². The molecule has 4 bridgehead atoms. The van der Waals surface area contributed by atoms with Crippen LogP contribution >= 0.6 is 0 Å². The Morgan fingerprint density at radius 1 is 0.967 bits per heavy atom. The van der Waals surface area contributed by atoms with Gasteiger partial charge in [0.1, 0.15) is 6.04 Å². The fourth-order valence-corrected chi connectivity index (χ4v) is 6.48. The largest absolute Gasteiger partial charge is 0.374 e. The van der Waals surface area contributed by atoms with Gasteiger partial charge in [0.05, 0.1) is 6.26 Å². The van der Waals surface area contributed by atoms with E-state index < -0.39 is 28.0 Å². The lowest BCUT2D eigenvalue weighted by molar-refractivity contribution is -0.120. The fraction of sp³-hybridized carbons (Fsp3) is 0.619. The second-order valence-electron chi connectivity index (χ2n) is 9.46. The normalized spacial score (nSPS) is 30.4. The number of imide groups is 1. The van der Waals surface area contributed by atoms with E-state index in [9.17, 15) is 18.0 Å². The highest BCUT2D eigenvalue weighted by Crippen LogP contribution is 2.55. The summed E-state index contributed by atoms with van der Waals surface area (Å²) in [7, 11) is -3.34. The standard InChI is InChI=1S/C21H30N4O4S/c1-13(22-17-3-5-18(6-4-17)25-30(2,28)29)19(26)23-20(27)24-21-10-14-7-15(11-21)9-16(8-14)12-21/h3-6,13-16,22,25H,7-12H2,1-2H3,(H2,23,24,26,27)/t13-,14?,15?,16?,21?/m0/s1. The molecule has 5 rings (SSSR count). The van der Waals surface area contributed by atoms with Crippen LogP contribution in [0, 0.1) is 17.8 Å². The van der Waals surface area contributed by atoms with Crippen LogP contribution in [0.25, 0.3) is 0 Å². The average Bonchev–Trinajstić information content (AvgIpc) is 2.60. The molecule has 0 aromatic heterocycles. The van der Waals surface area contributed by atoms with Gasteiger partial charge in [-0.05, 0) is 87.5 Å². The van der Waals surface area contributed by atoms with Crippen molar-refractivity contribution in [2.75, 3.05) is 16.3 Å². The van der Waals surface area contributed by atoms with E-state index in [0.717, 1.165) is 25.5 Å². The third-order valence-electron chi connectivity index (χ3n) is 6.62. The maximum atomic E-state index is 12.5. The summed E-state index contributed by atoms with van der Waals surface area (Å²) in [4.78, 5) is 25.0. The lowest BCUT2D eigenvalue weighted by Gasteiger charge is -2.56. The minimum atomic E-state index is -3.34. The number of sulfonamides is 1. The summed E-state index contributed by atoms with van der Waals surface area (Å²) in [6.07, 6.45) is 8.05. The lowest BCUT2D eigenvalue weighted by Crippen LogP contribution is -2.62. The molecule has 1 aromatic rings. The molecule has 4 aliphatic carbocycles. The van der Waals surface area contributed by atoms with Crippen molar-refractivity contribution in [1.29, 1.82) is 0 Å². The summed E-state index contributed by atoms with van der Waals surface area (Å²) in [6.45, 7) is 1.68. The Hall–Kier alpha value is -2.29. The summed E-state index contributed by atoms with van der Waals surface area (Å²) in [5, 5.41) is 8.64. The first kappa shape index (κ1) is 21.0. The first-order chi connectivity index (χ1) is 14.1. The lowest BCUT2D eigenvalue weighted by atomic mass is 9.53. The van der Waals surface area contributed by atoms with Crippen molar-refractivity contribution in [1.82, 2.24) is 10.6 Å². The summed E-state index contributed by atoms with van der Waals surface area (Å²) in [5.41, 5.74) is 0.950. The zero-order chi connectivity index (χ0) is 21.5. The second-order valence-corrected chi connectivity index (χ2v) is 11.2. The van der Waals surface area contributed by atoms with E-state index in [1.54, 1.807) is 31.2 Å². The van der Waals surface area contributed by atoms with Gasteiger partial charge in [0.25, 0.3) is 0 Å². The van der Waals surface area contributed by atoms with Gasteiger partial charge in [-0.3, -0.25) is 14.8 Å². The van der Waals surface area contributed by atoms with Gasteiger partial charge in [-0.25, -0.2) is 13.2 Å². The van der Waals surface area contributed by atoms with Crippen molar-refractivity contribution in [3.63, 3.8) is 0 Å². The molecule has 4 fully saturated rings. The molecule has 0 saturated heterocycles. The first-order valence-corrected chi connectivity index (χ1v) is 12.5. The maximum absolute atomic E-state index is 12.5. The van der Waals surface area contributed by atoms with Crippen molar-refractivity contribution in [3.8, 4) is 0 Å². The highest BCUT2D eigenvalue weighted by atomic mass is 32.2. The number of benzene rings is 1. The van der Waals surface area contributed by atoms with Crippen LogP contribution in [0.4, 0.5) is 16.2 Å². The monoisotopic (exact) mass is 434 g/mol. The highest BCUT2D eigenvalue weighted by molar-refractivity contribution is 7.92. The third kappa shape index (κ3) is 4.88. The number of amides is 3. The van der Waals surface area contributed by atoms with Crippen LogP contribution in [0.15, 0.2) is 24.3 Å². The van der Waals surface area contributed by atoms with Gasteiger partial charge in [-0.15, -0.1) is 0 Å². The van der Waals surface area contributed by atoms with Crippen LogP contribution in [-0.2, 0) is 14.8 Å². The molecule has 164 valence electrons. The van der Waals surface area contributed by atoms with Gasteiger partial charge in [0.2, 0.25) is 15.9 Å². The Kier molecular flexibility index (Phi) is 5.42. The molecule has 0 heterocycles. The van der Waals surface area contributed by atoms with Gasteiger partial charge < -0.3 is 10.6 Å². The molecule has 1 aromatic carbocycles. The second kappa shape index (κ2) is 7.76. The number of hydrogen-bond acceptors (Lipinski definition) is 5. The van der Waals surface area contributed by atoms with Crippen molar-refractivity contribution >= 4 is 33.3 Å². The van der Waals surface area contributed by atoms with Gasteiger partial charge >= 0.3 is 6.03 Å². The summed E-state index contributed by atoms with van der Waals surface area (Å²) >= 11 is 0. The molecule has 30 heavy (non-hydrogen) atoms. The summed E-state index contributed by atoms with van der Waals surface area (Å²) < 4.78 is 24.9. The minimum Gasteiger partial charge on any atom is -0.374 e. The van der Waals surface area contributed by atoms with Crippen molar-refractivity contribution in [2.45, 2.75) is 57.0 Å². The van der Waals surface area contributed by atoms with Crippen LogP contribution in [-0.4, -0.2) is 38.2 Å². The number of rotatable bonds is 6. The molecule has 3 amide bonds. The molecule has 4 aliphatic rings. The molecule has 9 heteroatoms. The molecule has 4 saturated carbocycles. The summed E-state index contributed by atoms with van der Waals surface area (Å²) in [5.74, 6) is 1.74. The van der Waals surface area contributed by atoms with Gasteiger partial charge in [-0.1, -0.05) is 0 Å². The molecule has 0 radical (unpaired) electrons. The Morgan fingerprint density at radius 2 is 1.47 bits per heavy atom. The average molecular weight is 435 g/mol. The molecule has 8 nitrogen and oxygen atoms in total. The summed E-state index contributed by atoms with van der Waals surface area (Å²) in [6, 6.07) is 5.52. The van der Waals surface area contributed by atoms with Gasteiger partial charge in [-0.2, -0.15) is 0 Å². The van der Waals surface area contributed by atoms with E-state index in [4.69, 9.17) is 0 Å². The smallest absolute Gasteiger partial charge is 0.321 e. The number of urea groups is 1. The molecular formula is C21H30N4O4S. The highest BCUT2D eigenvalue weighted by Gasteiger charge is 2.51. The number of hydrogen-bond donors (Lipinski definition) is 4. The fourth-order valence-electron chi connectivity index (χ4n) is 5.92. The number of nitrogens with one attached hydrogen (secondary N) is 4. The Balaban J connectivity index is 1.29. The van der Waals surface area contributed by atoms with Crippen LogP contribution < -0.4 is 20.7 Å². The minimum absolute atomic E-state index is 0.141. The van der Waals surface area contributed by atoms with Crippen LogP contribution in [0.1, 0.15) is 45.4 Å². The number of carbonyl (C=O) groups excluding carboxylic acids is 2. The maximum Gasteiger partial charge on any atom is 0.321 e. The zero-order valence-corrected chi connectivity index (χ0v) is 18.2. The van der Waals surface area contributed by atoms with Crippen LogP contribution in [0.5, 0.6) is 0 Å². The SMILES string of the molecule is C[C@H](Nc1ccc(NS(C)(=O)=O)cc1)C(=O)NC(=O)NC12CC3CC(CC(C3)C1)C2. The van der Waals surface area contributed by atoms with Crippen molar-refractivity contribution < 1.29 is 18.0 Å². The van der Waals surface area contributed by atoms with Gasteiger partial charge in [0.15, 0.2) is 0 Å². The zero-order valence-electron chi connectivity index (χ0n) is 17.4. The number of carbonyl (C=O) groups is 2. The quantitative estimate of drug-likeness (QED) is 0.549. The molecular weight excluding hydrogens is 404 g/mol. The van der Waals surface area contributed by atoms with E-state index in [2.05, 4.69) is 20.7 Å². The van der Waals surface area contributed by atoms with Crippen LogP contribution in [0.2, 0.25) is 0 Å². The van der Waals surface area contributed by atoms with E-state index in [1.165, 1.54) is 19.3 Å². The molecule has 4 N–H and O–H groups in total. The predicted octanol–water partition coefficient (Wildman–Crippen LogP) is 2.65. The Labute approximate surface area is 177 Å². The van der Waals surface area contributed by atoms with Crippen molar-refractivity contribution in [2.24, 2.45) is 17.8 Å².